The van der Waals surface area contributed by atoms with Gasteiger partial charge in [0, 0.05) is 30.2 Å². The molecule has 0 spiro atoms. The van der Waals surface area contributed by atoms with Crippen molar-refractivity contribution in [1.82, 2.24) is 9.29 Å². The van der Waals surface area contributed by atoms with Gasteiger partial charge in [0.2, 0.25) is 0 Å². The summed E-state index contributed by atoms with van der Waals surface area (Å²) < 4.78 is 27.7. The molecule has 120 valence electrons. The van der Waals surface area contributed by atoms with Crippen LogP contribution in [0.3, 0.4) is 0 Å². The minimum absolute atomic E-state index is 0.201. The molecule has 1 saturated heterocycles. The van der Waals surface area contributed by atoms with Crippen molar-refractivity contribution in [2.45, 2.75) is 16.5 Å². The lowest BCUT2D eigenvalue weighted by Crippen LogP contribution is -2.28. The molecule has 4 rings (SSSR count). The highest BCUT2D eigenvalue weighted by Crippen LogP contribution is 2.34. The first-order valence-electron chi connectivity index (χ1n) is 7.37. The van der Waals surface area contributed by atoms with Gasteiger partial charge in [0.1, 0.15) is 4.21 Å². The number of rotatable bonds is 3. The first-order valence-corrected chi connectivity index (χ1v) is 10.0. The van der Waals surface area contributed by atoms with Gasteiger partial charge in [0.15, 0.2) is 0 Å². The fraction of sp³-hybridized carbons (Fsp3) is 0.250. The molecule has 4 nitrogen and oxygen atoms in total. The normalized spacial score (nSPS) is 19.6. The number of H-pyrrole nitrogens is 1. The molecule has 1 N–H and O–H groups in total. The number of para-hydroxylation sites is 1. The molecule has 1 unspecified atom stereocenters. The highest BCUT2D eigenvalue weighted by atomic mass is 35.5. The fourth-order valence-electron chi connectivity index (χ4n) is 3.08. The van der Waals surface area contributed by atoms with Crippen LogP contribution in [0.5, 0.6) is 0 Å². The maximum atomic E-state index is 12.7. The van der Waals surface area contributed by atoms with Crippen LogP contribution in [0.1, 0.15) is 18.0 Å². The molecule has 23 heavy (non-hydrogen) atoms. The van der Waals surface area contributed by atoms with Crippen LogP contribution >= 0.6 is 22.9 Å². The van der Waals surface area contributed by atoms with Gasteiger partial charge in [0.05, 0.1) is 4.34 Å². The lowest BCUT2D eigenvalue weighted by Gasteiger charge is -2.15. The largest absolute Gasteiger partial charge is 0.358 e. The van der Waals surface area contributed by atoms with Gasteiger partial charge < -0.3 is 4.98 Å². The van der Waals surface area contributed by atoms with Crippen LogP contribution in [0.15, 0.2) is 46.7 Å². The molecule has 1 aromatic carbocycles. The van der Waals surface area contributed by atoms with E-state index in [1.165, 1.54) is 0 Å². The fourth-order valence-corrected chi connectivity index (χ4v) is 6.22. The molecular formula is C16H15ClN2O2S2. The summed E-state index contributed by atoms with van der Waals surface area (Å²) in [6, 6.07) is 13.4. The van der Waals surface area contributed by atoms with Crippen LogP contribution in [0, 0.1) is 0 Å². The highest BCUT2D eigenvalue weighted by Gasteiger charge is 2.34. The number of sulfonamides is 1. The highest BCUT2D eigenvalue weighted by molar-refractivity contribution is 7.91. The summed E-state index contributed by atoms with van der Waals surface area (Å²) in [4.78, 5) is 3.41. The quantitative estimate of drug-likeness (QED) is 0.759. The van der Waals surface area contributed by atoms with E-state index in [1.54, 1.807) is 16.4 Å². The summed E-state index contributed by atoms with van der Waals surface area (Å²) in [5.41, 5.74) is 2.20. The zero-order chi connectivity index (χ0) is 16.0. The molecule has 0 saturated carbocycles. The third kappa shape index (κ3) is 2.70. The van der Waals surface area contributed by atoms with E-state index in [2.05, 4.69) is 17.1 Å². The van der Waals surface area contributed by atoms with E-state index < -0.39 is 10.0 Å². The van der Waals surface area contributed by atoms with E-state index in [0.29, 0.717) is 21.6 Å². The van der Waals surface area contributed by atoms with Gasteiger partial charge in [-0.25, -0.2) is 8.42 Å². The predicted octanol–water partition coefficient (Wildman–Crippen LogP) is 4.06. The summed E-state index contributed by atoms with van der Waals surface area (Å²) in [5.74, 6) is 0.201. The number of hydrogen-bond acceptors (Lipinski definition) is 3. The van der Waals surface area contributed by atoms with Crippen LogP contribution < -0.4 is 0 Å². The Morgan fingerprint density at radius 2 is 2.04 bits per heavy atom. The van der Waals surface area contributed by atoms with Crippen LogP contribution in [-0.2, 0) is 10.0 Å². The average molecular weight is 367 g/mol. The summed E-state index contributed by atoms with van der Waals surface area (Å²) >= 11 is 6.98. The minimum Gasteiger partial charge on any atom is -0.358 e. The minimum atomic E-state index is -3.44. The second-order valence-electron chi connectivity index (χ2n) is 5.72. The van der Waals surface area contributed by atoms with Gasteiger partial charge in [-0.15, -0.1) is 11.3 Å². The van der Waals surface area contributed by atoms with Crippen LogP contribution in [0.25, 0.3) is 10.9 Å². The van der Waals surface area contributed by atoms with E-state index in [1.807, 2.05) is 18.2 Å². The van der Waals surface area contributed by atoms with E-state index in [4.69, 9.17) is 11.6 Å². The monoisotopic (exact) mass is 366 g/mol. The van der Waals surface area contributed by atoms with Crippen molar-refractivity contribution < 1.29 is 8.42 Å². The van der Waals surface area contributed by atoms with Crippen LogP contribution in [-0.4, -0.2) is 30.8 Å². The molecule has 1 aliphatic heterocycles. The molecule has 1 fully saturated rings. The Labute approximate surface area is 143 Å². The molecule has 0 bridgehead atoms. The van der Waals surface area contributed by atoms with Gasteiger partial charge >= 0.3 is 0 Å². The van der Waals surface area contributed by atoms with Gasteiger partial charge in [-0.2, -0.15) is 4.31 Å². The van der Waals surface area contributed by atoms with E-state index in [0.717, 1.165) is 34.4 Å². The average Bonchev–Trinajstić information content (AvgIpc) is 3.25. The third-order valence-corrected chi connectivity index (χ3v) is 7.85. The third-order valence-electron chi connectivity index (χ3n) is 4.28. The van der Waals surface area contributed by atoms with Crippen molar-refractivity contribution in [3.8, 4) is 0 Å². The Kier molecular flexibility index (Phi) is 3.72. The van der Waals surface area contributed by atoms with Crippen molar-refractivity contribution >= 4 is 43.9 Å². The van der Waals surface area contributed by atoms with Gasteiger partial charge in [-0.3, -0.25) is 0 Å². The Hall–Kier alpha value is -1.34. The number of nitrogens with one attached hydrogen (secondary N) is 1. The Morgan fingerprint density at radius 1 is 1.22 bits per heavy atom. The summed E-state index contributed by atoms with van der Waals surface area (Å²) in [5, 5.41) is 1.16. The van der Waals surface area contributed by atoms with Gasteiger partial charge in [-0.05, 0) is 36.1 Å². The van der Waals surface area contributed by atoms with Gasteiger partial charge in [0.25, 0.3) is 10.0 Å². The molecule has 1 atom stereocenters. The van der Waals surface area contributed by atoms with E-state index in [-0.39, 0.29) is 5.92 Å². The SMILES string of the molecule is O=S(=O)(c1ccc(Cl)s1)N1CCC(c2cc3ccccc3[nH]2)C1. The molecule has 7 heteroatoms. The first kappa shape index (κ1) is 15.2. The summed E-state index contributed by atoms with van der Waals surface area (Å²) in [6.07, 6.45) is 0.825. The van der Waals surface area contributed by atoms with Crippen LogP contribution in [0.4, 0.5) is 0 Å². The summed E-state index contributed by atoms with van der Waals surface area (Å²) in [6.45, 7) is 1.04. The lowest BCUT2D eigenvalue weighted by atomic mass is 10.1. The predicted molar refractivity (Wildman–Crippen MR) is 93.7 cm³/mol. The molecule has 0 aliphatic carbocycles. The topological polar surface area (TPSA) is 53.2 Å². The number of aromatic amines is 1. The number of aromatic nitrogens is 1. The number of hydrogen-bond donors (Lipinski definition) is 1. The molecular weight excluding hydrogens is 352 g/mol. The molecule has 3 heterocycles. The Balaban J connectivity index is 1.59. The molecule has 3 aromatic rings. The van der Waals surface area contributed by atoms with Crippen molar-refractivity contribution in [1.29, 1.82) is 0 Å². The number of thiophene rings is 1. The number of fused-ring (bicyclic) bond motifs is 1. The molecule has 2 aromatic heterocycles. The smallest absolute Gasteiger partial charge is 0.252 e. The van der Waals surface area contributed by atoms with Crippen molar-refractivity contribution in [2.24, 2.45) is 0 Å². The maximum Gasteiger partial charge on any atom is 0.252 e. The standard InChI is InChI=1S/C16H15ClN2O2S2/c17-15-5-6-16(22-15)23(20,21)19-8-7-12(10-19)14-9-11-3-1-2-4-13(11)18-14/h1-6,9,12,18H,7-8,10H2. The Morgan fingerprint density at radius 3 is 2.78 bits per heavy atom. The zero-order valence-corrected chi connectivity index (χ0v) is 14.6. The molecule has 1 aliphatic rings. The van der Waals surface area contributed by atoms with Crippen molar-refractivity contribution in [2.75, 3.05) is 13.1 Å². The van der Waals surface area contributed by atoms with E-state index in [9.17, 15) is 8.42 Å². The van der Waals surface area contributed by atoms with E-state index >= 15 is 0 Å². The number of nitrogens with zero attached hydrogens (tertiary/aromatic N) is 1. The summed E-state index contributed by atoms with van der Waals surface area (Å²) in [7, 11) is -3.44. The molecule has 0 radical (unpaired) electrons. The van der Waals surface area contributed by atoms with Gasteiger partial charge in [-0.1, -0.05) is 29.8 Å². The number of halogens is 1. The molecule has 0 amide bonds. The number of benzene rings is 1. The zero-order valence-electron chi connectivity index (χ0n) is 12.2. The van der Waals surface area contributed by atoms with Crippen molar-refractivity contribution in [3.63, 3.8) is 0 Å². The van der Waals surface area contributed by atoms with Crippen LogP contribution in [0.2, 0.25) is 4.34 Å². The first-order chi connectivity index (χ1) is 11.0. The van der Waals surface area contributed by atoms with Crippen molar-refractivity contribution in [3.05, 3.63) is 52.5 Å². The Bertz CT molecular complexity index is 928. The lowest BCUT2D eigenvalue weighted by molar-refractivity contribution is 0.474. The second kappa shape index (κ2) is 5.63. The second-order valence-corrected chi connectivity index (χ2v) is 9.60. The maximum absolute atomic E-state index is 12.7.